The SMILES string of the molecule is CNc1cc2cccnc2cn1. The fourth-order valence-corrected chi connectivity index (χ4v) is 1.11. The van der Waals surface area contributed by atoms with Crippen molar-refractivity contribution in [2.75, 3.05) is 12.4 Å². The normalized spacial score (nSPS) is 10.1. The molecule has 2 aromatic heterocycles. The largest absolute Gasteiger partial charge is 0.373 e. The van der Waals surface area contributed by atoms with Gasteiger partial charge in [-0.15, -0.1) is 0 Å². The number of nitrogens with one attached hydrogen (secondary N) is 1. The van der Waals surface area contributed by atoms with Crippen LogP contribution in [-0.4, -0.2) is 17.0 Å². The maximum Gasteiger partial charge on any atom is 0.126 e. The third-order valence-electron chi connectivity index (χ3n) is 1.75. The monoisotopic (exact) mass is 159 g/mol. The van der Waals surface area contributed by atoms with Crippen molar-refractivity contribution < 1.29 is 0 Å². The van der Waals surface area contributed by atoms with Crippen molar-refractivity contribution in [3.05, 3.63) is 30.6 Å². The molecular formula is C9H9N3. The lowest BCUT2D eigenvalue weighted by molar-refractivity contribution is 1.28. The van der Waals surface area contributed by atoms with Crippen LogP contribution in [0, 0.1) is 0 Å². The maximum atomic E-state index is 4.17. The van der Waals surface area contributed by atoms with Gasteiger partial charge in [-0.25, -0.2) is 4.98 Å². The summed E-state index contributed by atoms with van der Waals surface area (Å²) in [7, 11) is 1.85. The highest BCUT2D eigenvalue weighted by molar-refractivity contribution is 5.79. The third-order valence-corrected chi connectivity index (χ3v) is 1.75. The molecule has 0 radical (unpaired) electrons. The fourth-order valence-electron chi connectivity index (χ4n) is 1.11. The Morgan fingerprint density at radius 1 is 1.33 bits per heavy atom. The Morgan fingerprint density at radius 2 is 2.25 bits per heavy atom. The summed E-state index contributed by atoms with van der Waals surface area (Å²) in [5, 5.41) is 4.09. The van der Waals surface area contributed by atoms with Gasteiger partial charge in [0.15, 0.2) is 0 Å². The van der Waals surface area contributed by atoms with Crippen LogP contribution >= 0.6 is 0 Å². The van der Waals surface area contributed by atoms with Crippen molar-refractivity contribution in [3.8, 4) is 0 Å². The molecule has 0 spiro atoms. The first-order valence-electron chi connectivity index (χ1n) is 3.78. The Bertz CT molecular complexity index is 398. The zero-order valence-electron chi connectivity index (χ0n) is 6.78. The first kappa shape index (κ1) is 7.03. The number of rotatable bonds is 1. The molecular weight excluding hydrogens is 150 g/mol. The lowest BCUT2D eigenvalue weighted by Crippen LogP contribution is -1.91. The van der Waals surface area contributed by atoms with E-state index < -0.39 is 0 Å². The molecule has 12 heavy (non-hydrogen) atoms. The molecule has 2 heterocycles. The number of nitrogens with zero attached hydrogens (tertiary/aromatic N) is 2. The smallest absolute Gasteiger partial charge is 0.126 e. The number of hydrogen-bond donors (Lipinski definition) is 1. The molecule has 3 heteroatoms. The van der Waals surface area contributed by atoms with Crippen LogP contribution in [0.25, 0.3) is 10.9 Å². The van der Waals surface area contributed by atoms with Gasteiger partial charge >= 0.3 is 0 Å². The summed E-state index contributed by atoms with van der Waals surface area (Å²) in [5.74, 6) is 0.871. The van der Waals surface area contributed by atoms with Crippen LogP contribution in [0.2, 0.25) is 0 Å². The molecule has 0 bridgehead atoms. The molecule has 0 aliphatic heterocycles. The van der Waals surface area contributed by atoms with E-state index in [0.717, 1.165) is 16.7 Å². The van der Waals surface area contributed by atoms with Gasteiger partial charge in [0.1, 0.15) is 5.82 Å². The number of aromatic nitrogens is 2. The molecule has 1 N–H and O–H groups in total. The van der Waals surface area contributed by atoms with Gasteiger partial charge in [0.25, 0.3) is 0 Å². The minimum atomic E-state index is 0.871. The Morgan fingerprint density at radius 3 is 3.08 bits per heavy atom. The lowest BCUT2D eigenvalue weighted by atomic mass is 10.2. The number of hydrogen-bond acceptors (Lipinski definition) is 3. The van der Waals surface area contributed by atoms with Crippen molar-refractivity contribution in [1.29, 1.82) is 0 Å². The summed E-state index contributed by atoms with van der Waals surface area (Å²) in [4.78, 5) is 8.32. The summed E-state index contributed by atoms with van der Waals surface area (Å²) in [5.41, 5.74) is 0.927. The Balaban J connectivity index is 2.67. The Labute approximate surface area is 70.5 Å². The van der Waals surface area contributed by atoms with Gasteiger partial charge < -0.3 is 5.32 Å². The van der Waals surface area contributed by atoms with Crippen LogP contribution in [0.5, 0.6) is 0 Å². The van der Waals surface area contributed by atoms with Gasteiger partial charge in [-0.05, 0) is 12.1 Å². The molecule has 0 aromatic carbocycles. The number of anilines is 1. The van der Waals surface area contributed by atoms with Crippen molar-refractivity contribution >= 4 is 16.7 Å². The minimum Gasteiger partial charge on any atom is -0.373 e. The molecule has 60 valence electrons. The molecule has 0 aliphatic carbocycles. The van der Waals surface area contributed by atoms with Crippen LogP contribution in [0.15, 0.2) is 30.6 Å². The number of fused-ring (bicyclic) bond motifs is 1. The van der Waals surface area contributed by atoms with Crippen LogP contribution in [0.4, 0.5) is 5.82 Å². The van der Waals surface area contributed by atoms with Crippen molar-refractivity contribution in [2.45, 2.75) is 0 Å². The highest BCUT2D eigenvalue weighted by atomic mass is 15.0. The molecule has 0 amide bonds. The summed E-state index contributed by atoms with van der Waals surface area (Å²) in [6.07, 6.45) is 3.53. The van der Waals surface area contributed by atoms with Crippen LogP contribution < -0.4 is 5.32 Å². The van der Waals surface area contributed by atoms with Crippen LogP contribution in [-0.2, 0) is 0 Å². The van der Waals surface area contributed by atoms with Crippen molar-refractivity contribution in [2.24, 2.45) is 0 Å². The average Bonchev–Trinajstić information content (AvgIpc) is 2.17. The van der Waals surface area contributed by atoms with E-state index in [9.17, 15) is 0 Å². The second-order valence-electron chi connectivity index (χ2n) is 2.52. The van der Waals surface area contributed by atoms with Gasteiger partial charge in [0.2, 0.25) is 0 Å². The fraction of sp³-hybridized carbons (Fsp3) is 0.111. The summed E-state index contributed by atoms with van der Waals surface area (Å²) < 4.78 is 0. The highest BCUT2D eigenvalue weighted by Crippen LogP contribution is 2.12. The quantitative estimate of drug-likeness (QED) is 0.687. The molecule has 2 rings (SSSR count). The van der Waals surface area contributed by atoms with E-state index in [0.29, 0.717) is 0 Å². The summed E-state index contributed by atoms with van der Waals surface area (Å²) in [6, 6.07) is 5.91. The topological polar surface area (TPSA) is 37.8 Å². The van der Waals surface area contributed by atoms with Crippen molar-refractivity contribution in [1.82, 2.24) is 9.97 Å². The van der Waals surface area contributed by atoms with E-state index in [4.69, 9.17) is 0 Å². The second-order valence-corrected chi connectivity index (χ2v) is 2.52. The lowest BCUT2D eigenvalue weighted by Gasteiger charge is -1.99. The zero-order valence-corrected chi connectivity index (χ0v) is 6.78. The molecule has 0 fully saturated rings. The van der Waals surface area contributed by atoms with E-state index >= 15 is 0 Å². The Kier molecular flexibility index (Phi) is 1.63. The average molecular weight is 159 g/mol. The van der Waals surface area contributed by atoms with E-state index in [1.165, 1.54) is 0 Å². The predicted octanol–water partition coefficient (Wildman–Crippen LogP) is 1.67. The molecule has 0 aliphatic rings. The minimum absolute atomic E-state index is 0.871. The van der Waals surface area contributed by atoms with Crippen LogP contribution in [0.1, 0.15) is 0 Å². The summed E-state index contributed by atoms with van der Waals surface area (Å²) in [6.45, 7) is 0. The molecule has 0 saturated heterocycles. The standard InChI is InChI=1S/C9H9N3/c1-10-9-5-7-3-2-4-11-8(7)6-12-9/h2-6H,1H3,(H,10,12). The van der Waals surface area contributed by atoms with Gasteiger partial charge in [0.05, 0.1) is 11.7 Å². The maximum absolute atomic E-state index is 4.17. The van der Waals surface area contributed by atoms with Gasteiger partial charge in [0, 0.05) is 18.6 Å². The molecule has 0 saturated carbocycles. The van der Waals surface area contributed by atoms with Crippen molar-refractivity contribution in [3.63, 3.8) is 0 Å². The second kappa shape index (κ2) is 2.77. The zero-order chi connectivity index (χ0) is 8.39. The summed E-state index contributed by atoms with van der Waals surface area (Å²) >= 11 is 0. The predicted molar refractivity (Wildman–Crippen MR) is 49.1 cm³/mol. The van der Waals surface area contributed by atoms with Gasteiger partial charge in [-0.2, -0.15) is 0 Å². The van der Waals surface area contributed by atoms with E-state index in [1.807, 2.05) is 25.2 Å². The van der Waals surface area contributed by atoms with E-state index in [1.54, 1.807) is 12.4 Å². The molecule has 0 unspecified atom stereocenters. The molecule has 2 aromatic rings. The van der Waals surface area contributed by atoms with Gasteiger partial charge in [-0.3, -0.25) is 4.98 Å². The van der Waals surface area contributed by atoms with E-state index in [2.05, 4.69) is 15.3 Å². The Hall–Kier alpha value is -1.64. The number of pyridine rings is 2. The molecule has 0 atom stereocenters. The first-order chi connectivity index (χ1) is 5.90. The van der Waals surface area contributed by atoms with Gasteiger partial charge in [-0.1, -0.05) is 6.07 Å². The third kappa shape index (κ3) is 1.09. The first-order valence-corrected chi connectivity index (χ1v) is 3.78. The van der Waals surface area contributed by atoms with Crippen LogP contribution in [0.3, 0.4) is 0 Å². The van der Waals surface area contributed by atoms with E-state index in [-0.39, 0.29) is 0 Å². The molecule has 3 nitrogen and oxygen atoms in total. The highest BCUT2D eigenvalue weighted by Gasteiger charge is 1.94.